The SMILES string of the molecule is CNCc1cc(OCc2noc(C3CC3)n2)ccc1Br. The van der Waals surface area contributed by atoms with Crippen LogP contribution in [0.3, 0.4) is 0 Å². The minimum atomic E-state index is 0.330. The van der Waals surface area contributed by atoms with Crippen LogP contribution in [0.15, 0.2) is 27.2 Å². The van der Waals surface area contributed by atoms with Crippen LogP contribution in [0.4, 0.5) is 0 Å². The topological polar surface area (TPSA) is 60.2 Å². The summed E-state index contributed by atoms with van der Waals surface area (Å²) in [7, 11) is 1.92. The van der Waals surface area contributed by atoms with Crippen LogP contribution in [0.5, 0.6) is 5.75 Å². The van der Waals surface area contributed by atoms with Gasteiger partial charge in [-0.25, -0.2) is 0 Å². The molecule has 0 atom stereocenters. The molecule has 0 radical (unpaired) electrons. The quantitative estimate of drug-likeness (QED) is 0.877. The van der Waals surface area contributed by atoms with Crippen molar-refractivity contribution < 1.29 is 9.26 Å². The van der Waals surface area contributed by atoms with E-state index in [1.165, 1.54) is 0 Å². The average molecular weight is 338 g/mol. The predicted molar refractivity (Wildman–Crippen MR) is 77.5 cm³/mol. The fourth-order valence-corrected chi connectivity index (χ4v) is 2.32. The predicted octanol–water partition coefficient (Wildman–Crippen LogP) is 3.01. The smallest absolute Gasteiger partial charge is 0.229 e. The maximum atomic E-state index is 5.71. The molecule has 20 heavy (non-hydrogen) atoms. The van der Waals surface area contributed by atoms with Crippen molar-refractivity contribution in [1.29, 1.82) is 0 Å². The highest BCUT2D eigenvalue weighted by Crippen LogP contribution is 2.38. The highest BCUT2D eigenvalue weighted by molar-refractivity contribution is 9.10. The summed E-state index contributed by atoms with van der Waals surface area (Å²) in [6.45, 7) is 1.11. The highest BCUT2D eigenvalue weighted by Gasteiger charge is 2.29. The van der Waals surface area contributed by atoms with Crippen LogP contribution in [-0.2, 0) is 13.2 Å². The molecule has 2 aromatic rings. The van der Waals surface area contributed by atoms with Gasteiger partial charge in [-0.1, -0.05) is 21.1 Å². The van der Waals surface area contributed by atoms with Crippen molar-refractivity contribution >= 4 is 15.9 Å². The summed E-state index contributed by atoms with van der Waals surface area (Å²) in [5.41, 5.74) is 1.15. The van der Waals surface area contributed by atoms with E-state index in [1.54, 1.807) is 0 Å². The number of nitrogens with zero attached hydrogens (tertiary/aromatic N) is 2. The second kappa shape index (κ2) is 5.93. The van der Waals surface area contributed by atoms with E-state index in [-0.39, 0.29) is 0 Å². The van der Waals surface area contributed by atoms with E-state index in [4.69, 9.17) is 9.26 Å². The number of halogens is 1. The molecule has 106 valence electrons. The monoisotopic (exact) mass is 337 g/mol. The molecule has 0 saturated heterocycles. The van der Waals surface area contributed by atoms with Crippen LogP contribution < -0.4 is 10.1 Å². The van der Waals surface area contributed by atoms with Crippen molar-refractivity contribution in [1.82, 2.24) is 15.5 Å². The largest absolute Gasteiger partial charge is 0.485 e. The molecule has 1 N–H and O–H groups in total. The number of benzene rings is 1. The lowest BCUT2D eigenvalue weighted by molar-refractivity contribution is 0.285. The molecule has 0 spiro atoms. The van der Waals surface area contributed by atoms with Crippen LogP contribution in [0, 0.1) is 0 Å². The third kappa shape index (κ3) is 3.19. The molecule has 0 bridgehead atoms. The number of hydrogen-bond donors (Lipinski definition) is 1. The van der Waals surface area contributed by atoms with Crippen LogP contribution >= 0.6 is 15.9 Å². The first-order valence-electron chi connectivity index (χ1n) is 6.64. The standard InChI is InChI=1S/C14H16BrN3O2/c1-16-7-10-6-11(4-5-12(10)15)19-8-13-17-14(20-18-13)9-2-3-9/h4-6,9,16H,2-3,7-8H2,1H3. The van der Waals surface area contributed by atoms with Gasteiger partial charge in [0.2, 0.25) is 11.7 Å². The van der Waals surface area contributed by atoms with Crippen LogP contribution in [0.1, 0.15) is 36.0 Å². The second-order valence-corrected chi connectivity index (χ2v) is 5.75. The Morgan fingerprint density at radius 3 is 3.05 bits per heavy atom. The van der Waals surface area contributed by atoms with E-state index in [1.807, 2.05) is 25.2 Å². The minimum Gasteiger partial charge on any atom is -0.485 e. The molecule has 0 amide bonds. The fourth-order valence-electron chi connectivity index (χ4n) is 1.94. The Kier molecular flexibility index (Phi) is 4.03. The average Bonchev–Trinajstić information content (AvgIpc) is 3.19. The molecule has 3 rings (SSSR count). The Labute approximate surface area is 125 Å². The number of ether oxygens (including phenoxy) is 1. The third-order valence-corrected chi connectivity index (χ3v) is 3.94. The van der Waals surface area contributed by atoms with Crippen molar-refractivity contribution in [3.8, 4) is 5.75 Å². The third-order valence-electron chi connectivity index (χ3n) is 3.16. The number of aromatic nitrogens is 2. The zero-order chi connectivity index (χ0) is 13.9. The van der Waals surface area contributed by atoms with Crippen LogP contribution in [-0.4, -0.2) is 17.2 Å². The van der Waals surface area contributed by atoms with Gasteiger partial charge in [-0.3, -0.25) is 0 Å². The van der Waals surface area contributed by atoms with Crippen LogP contribution in [0.2, 0.25) is 0 Å². The van der Waals surface area contributed by atoms with E-state index in [0.29, 0.717) is 18.3 Å². The Hall–Kier alpha value is -1.40. The van der Waals surface area contributed by atoms with Gasteiger partial charge >= 0.3 is 0 Å². The maximum absolute atomic E-state index is 5.71. The lowest BCUT2D eigenvalue weighted by Crippen LogP contribution is -2.06. The van der Waals surface area contributed by atoms with Gasteiger partial charge in [0, 0.05) is 16.9 Å². The molecule has 1 aliphatic carbocycles. The first-order valence-corrected chi connectivity index (χ1v) is 7.44. The zero-order valence-corrected chi connectivity index (χ0v) is 12.8. The number of nitrogens with one attached hydrogen (secondary N) is 1. The highest BCUT2D eigenvalue weighted by atomic mass is 79.9. The summed E-state index contributed by atoms with van der Waals surface area (Å²) < 4.78 is 12.0. The van der Waals surface area contributed by atoms with Gasteiger partial charge in [0.1, 0.15) is 5.75 Å². The number of hydrogen-bond acceptors (Lipinski definition) is 5. The van der Waals surface area contributed by atoms with Crippen molar-refractivity contribution in [2.24, 2.45) is 0 Å². The van der Waals surface area contributed by atoms with Gasteiger partial charge in [0.25, 0.3) is 0 Å². The molecule has 0 aliphatic heterocycles. The lowest BCUT2D eigenvalue weighted by Gasteiger charge is -2.08. The Balaban J connectivity index is 1.63. The molecular formula is C14H16BrN3O2. The summed E-state index contributed by atoms with van der Waals surface area (Å²) in [5.74, 6) is 2.63. The molecule has 1 heterocycles. The Morgan fingerprint density at radius 1 is 1.45 bits per heavy atom. The van der Waals surface area contributed by atoms with Gasteiger partial charge in [-0.2, -0.15) is 4.98 Å². The zero-order valence-electron chi connectivity index (χ0n) is 11.2. The van der Waals surface area contributed by atoms with Gasteiger partial charge in [-0.15, -0.1) is 0 Å². The first-order chi connectivity index (χ1) is 9.76. The summed E-state index contributed by atoms with van der Waals surface area (Å²) in [6.07, 6.45) is 2.31. The van der Waals surface area contributed by atoms with Crippen molar-refractivity contribution in [2.45, 2.75) is 31.9 Å². The van der Waals surface area contributed by atoms with Gasteiger partial charge in [0.15, 0.2) is 6.61 Å². The Bertz CT molecular complexity index is 596. The van der Waals surface area contributed by atoms with E-state index in [0.717, 1.165) is 41.1 Å². The molecule has 1 saturated carbocycles. The summed E-state index contributed by atoms with van der Waals surface area (Å²) in [5, 5.41) is 7.06. The van der Waals surface area contributed by atoms with E-state index in [9.17, 15) is 0 Å². The van der Waals surface area contributed by atoms with Crippen molar-refractivity contribution in [3.63, 3.8) is 0 Å². The summed E-state index contributed by atoms with van der Waals surface area (Å²) >= 11 is 3.52. The van der Waals surface area contributed by atoms with E-state index >= 15 is 0 Å². The molecule has 1 fully saturated rings. The summed E-state index contributed by atoms with van der Waals surface area (Å²) in [4.78, 5) is 4.34. The van der Waals surface area contributed by atoms with Crippen molar-refractivity contribution in [3.05, 3.63) is 40.0 Å². The summed E-state index contributed by atoms with van der Waals surface area (Å²) in [6, 6.07) is 5.90. The fraction of sp³-hybridized carbons (Fsp3) is 0.429. The minimum absolute atomic E-state index is 0.330. The van der Waals surface area contributed by atoms with Crippen LogP contribution in [0.25, 0.3) is 0 Å². The van der Waals surface area contributed by atoms with E-state index < -0.39 is 0 Å². The van der Waals surface area contributed by atoms with E-state index in [2.05, 4.69) is 31.4 Å². The molecule has 0 unspecified atom stereocenters. The van der Waals surface area contributed by atoms with Gasteiger partial charge in [-0.05, 0) is 43.7 Å². The molecule has 1 aromatic heterocycles. The molecule has 5 nitrogen and oxygen atoms in total. The normalized spacial score (nSPS) is 14.5. The van der Waals surface area contributed by atoms with Gasteiger partial charge in [0.05, 0.1) is 0 Å². The van der Waals surface area contributed by atoms with Gasteiger partial charge < -0.3 is 14.6 Å². The lowest BCUT2D eigenvalue weighted by atomic mass is 10.2. The molecule has 6 heteroatoms. The molecule has 1 aromatic carbocycles. The molecular weight excluding hydrogens is 322 g/mol. The Morgan fingerprint density at radius 2 is 2.30 bits per heavy atom. The second-order valence-electron chi connectivity index (χ2n) is 4.90. The van der Waals surface area contributed by atoms with Crippen molar-refractivity contribution in [2.75, 3.05) is 7.05 Å². The number of rotatable bonds is 6. The maximum Gasteiger partial charge on any atom is 0.229 e. The first kappa shape index (κ1) is 13.6. The molecule has 1 aliphatic rings.